The molecule has 1 unspecified atom stereocenters. The summed E-state index contributed by atoms with van der Waals surface area (Å²) in [5.41, 5.74) is 0.920. The number of rotatable bonds is 9. The van der Waals surface area contributed by atoms with Crippen molar-refractivity contribution in [3.05, 3.63) is 41.9 Å². The van der Waals surface area contributed by atoms with Crippen molar-refractivity contribution in [2.75, 3.05) is 34.5 Å². The Kier molecular flexibility index (Phi) is 7.60. The van der Waals surface area contributed by atoms with E-state index in [-0.39, 0.29) is 6.10 Å². The molecule has 2 aromatic rings. The lowest BCUT2D eigenvalue weighted by atomic mass is 10.1. The van der Waals surface area contributed by atoms with Crippen LogP contribution in [-0.4, -0.2) is 50.6 Å². The first-order valence-electron chi connectivity index (χ1n) is 9.60. The molecule has 0 saturated carbocycles. The molecule has 8 heteroatoms. The number of benzene rings is 1. The molecule has 29 heavy (non-hydrogen) atoms. The molecule has 0 aliphatic carbocycles. The Labute approximate surface area is 176 Å². The molecule has 3 rings (SSSR count). The van der Waals surface area contributed by atoms with Crippen molar-refractivity contribution >= 4 is 17.3 Å². The first-order chi connectivity index (χ1) is 14.1. The number of nitrogens with zero attached hydrogens (tertiary/aromatic N) is 1. The van der Waals surface area contributed by atoms with Crippen molar-refractivity contribution in [2.24, 2.45) is 0 Å². The molecule has 1 aliphatic heterocycles. The number of nitrogens with one attached hydrogen (secondary N) is 1. The van der Waals surface area contributed by atoms with Crippen LogP contribution in [-0.2, 0) is 17.8 Å². The number of hydrogen-bond donors (Lipinski definition) is 1. The molecular formula is C21H28N2O5S. The molecule has 1 saturated heterocycles. The Morgan fingerprint density at radius 2 is 2.10 bits per heavy atom. The largest absolute Gasteiger partial charge is 0.497 e. The maximum absolute atomic E-state index is 5.84. The van der Waals surface area contributed by atoms with Gasteiger partial charge in [-0.15, -0.1) is 0 Å². The zero-order valence-electron chi connectivity index (χ0n) is 17.1. The van der Waals surface area contributed by atoms with Crippen LogP contribution in [0, 0.1) is 0 Å². The molecule has 1 aliphatic rings. The summed E-state index contributed by atoms with van der Waals surface area (Å²) < 4.78 is 27.8. The zero-order valence-corrected chi connectivity index (χ0v) is 17.9. The predicted molar refractivity (Wildman–Crippen MR) is 114 cm³/mol. The van der Waals surface area contributed by atoms with Gasteiger partial charge in [-0.1, -0.05) is 0 Å². The number of hydrogen-bond acceptors (Lipinski definition) is 6. The van der Waals surface area contributed by atoms with Crippen LogP contribution in [0.15, 0.2) is 34.9 Å². The molecule has 0 radical (unpaired) electrons. The summed E-state index contributed by atoms with van der Waals surface area (Å²) >= 11 is 5.70. The standard InChI is InChI=1S/C21H28N2O5S/c1-24-18-10-15(20(26-3)19(11-18)25-2)13-23(14-17-7-5-9-28-17)21(29)22-12-16-6-4-8-27-16/h4,6,8,10-11,17H,5,7,9,12-14H2,1-3H3,(H,22,29). The molecule has 1 aromatic carbocycles. The van der Waals surface area contributed by atoms with E-state index in [0.29, 0.717) is 42.0 Å². The van der Waals surface area contributed by atoms with Gasteiger partial charge in [-0.05, 0) is 43.3 Å². The van der Waals surface area contributed by atoms with Gasteiger partial charge < -0.3 is 33.6 Å². The molecule has 1 aromatic heterocycles. The van der Waals surface area contributed by atoms with Crippen molar-refractivity contribution in [1.29, 1.82) is 0 Å². The van der Waals surface area contributed by atoms with E-state index < -0.39 is 0 Å². The molecule has 7 nitrogen and oxygen atoms in total. The van der Waals surface area contributed by atoms with Gasteiger partial charge in [0.2, 0.25) is 0 Å². The second kappa shape index (κ2) is 10.4. The minimum Gasteiger partial charge on any atom is -0.497 e. The lowest BCUT2D eigenvalue weighted by molar-refractivity contribution is 0.0895. The number of methoxy groups -OCH3 is 3. The summed E-state index contributed by atoms with van der Waals surface area (Å²) in [5, 5.41) is 3.90. The highest BCUT2D eigenvalue weighted by Gasteiger charge is 2.23. The van der Waals surface area contributed by atoms with E-state index in [1.165, 1.54) is 0 Å². The Bertz CT molecular complexity index is 791. The lowest BCUT2D eigenvalue weighted by Gasteiger charge is -2.29. The molecule has 1 fully saturated rings. The van der Waals surface area contributed by atoms with Gasteiger partial charge in [-0.2, -0.15) is 0 Å². The van der Waals surface area contributed by atoms with E-state index in [0.717, 1.165) is 30.8 Å². The fraction of sp³-hybridized carbons (Fsp3) is 0.476. The quantitative estimate of drug-likeness (QED) is 0.620. The van der Waals surface area contributed by atoms with Crippen LogP contribution < -0.4 is 19.5 Å². The molecule has 1 N–H and O–H groups in total. The van der Waals surface area contributed by atoms with Gasteiger partial charge >= 0.3 is 0 Å². The van der Waals surface area contributed by atoms with Gasteiger partial charge in [-0.3, -0.25) is 0 Å². The van der Waals surface area contributed by atoms with E-state index in [2.05, 4.69) is 10.2 Å². The van der Waals surface area contributed by atoms with Crippen molar-refractivity contribution < 1.29 is 23.4 Å². The minimum absolute atomic E-state index is 0.150. The average molecular weight is 421 g/mol. The fourth-order valence-corrected chi connectivity index (χ4v) is 3.61. The minimum atomic E-state index is 0.150. The average Bonchev–Trinajstić information content (AvgIpc) is 3.44. The highest BCUT2D eigenvalue weighted by Crippen LogP contribution is 2.36. The molecule has 0 bridgehead atoms. The van der Waals surface area contributed by atoms with Crippen molar-refractivity contribution in [1.82, 2.24) is 10.2 Å². The van der Waals surface area contributed by atoms with Gasteiger partial charge in [0.25, 0.3) is 0 Å². The van der Waals surface area contributed by atoms with Gasteiger partial charge in [0.05, 0.1) is 40.2 Å². The fourth-order valence-electron chi connectivity index (χ4n) is 3.40. The van der Waals surface area contributed by atoms with Crippen molar-refractivity contribution in [3.63, 3.8) is 0 Å². The highest BCUT2D eigenvalue weighted by atomic mass is 32.1. The van der Waals surface area contributed by atoms with Crippen LogP contribution in [0.4, 0.5) is 0 Å². The second-order valence-electron chi connectivity index (χ2n) is 6.78. The molecular weight excluding hydrogens is 392 g/mol. The van der Waals surface area contributed by atoms with Crippen LogP contribution in [0.5, 0.6) is 17.2 Å². The van der Waals surface area contributed by atoms with Gasteiger partial charge in [0, 0.05) is 31.3 Å². The Morgan fingerprint density at radius 1 is 1.24 bits per heavy atom. The van der Waals surface area contributed by atoms with E-state index in [4.69, 9.17) is 35.6 Å². The van der Waals surface area contributed by atoms with Crippen molar-refractivity contribution in [2.45, 2.75) is 32.0 Å². The van der Waals surface area contributed by atoms with Crippen LogP contribution in [0.25, 0.3) is 0 Å². The number of ether oxygens (including phenoxy) is 4. The summed E-state index contributed by atoms with van der Waals surface area (Å²) in [4.78, 5) is 2.09. The topological polar surface area (TPSA) is 65.3 Å². The number of furan rings is 1. The second-order valence-corrected chi connectivity index (χ2v) is 7.16. The van der Waals surface area contributed by atoms with Crippen LogP contribution in [0.2, 0.25) is 0 Å². The third-order valence-electron chi connectivity index (χ3n) is 4.86. The molecule has 1 atom stereocenters. The molecule has 0 spiro atoms. The third-order valence-corrected chi connectivity index (χ3v) is 5.26. The summed E-state index contributed by atoms with van der Waals surface area (Å²) in [6.07, 6.45) is 3.89. The SMILES string of the molecule is COc1cc(CN(CC2CCCO2)C(=S)NCc2ccco2)c(OC)c(OC)c1. The first-order valence-corrected chi connectivity index (χ1v) is 10.0. The zero-order chi connectivity index (χ0) is 20.6. The smallest absolute Gasteiger partial charge is 0.169 e. The molecule has 158 valence electrons. The summed E-state index contributed by atoms with van der Waals surface area (Å²) in [6.45, 7) is 2.53. The summed E-state index contributed by atoms with van der Waals surface area (Å²) in [6, 6.07) is 7.52. The predicted octanol–water partition coefficient (Wildman–Crippen LogP) is 3.36. The number of thiocarbonyl (C=S) groups is 1. The van der Waals surface area contributed by atoms with E-state index in [1.807, 2.05) is 18.2 Å². The lowest BCUT2D eigenvalue weighted by Crippen LogP contribution is -2.42. The van der Waals surface area contributed by atoms with Crippen LogP contribution >= 0.6 is 12.2 Å². The first kappa shape index (κ1) is 21.3. The van der Waals surface area contributed by atoms with E-state index in [9.17, 15) is 0 Å². The Morgan fingerprint density at radius 3 is 2.72 bits per heavy atom. The summed E-state index contributed by atoms with van der Waals surface area (Å²) in [5.74, 6) is 2.81. The monoisotopic (exact) mass is 420 g/mol. The highest BCUT2D eigenvalue weighted by molar-refractivity contribution is 7.80. The maximum atomic E-state index is 5.84. The maximum Gasteiger partial charge on any atom is 0.169 e. The molecule has 0 amide bonds. The van der Waals surface area contributed by atoms with Gasteiger partial charge in [-0.25, -0.2) is 0 Å². The third kappa shape index (κ3) is 5.55. The van der Waals surface area contributed by atoms with E-state index >= 15 is 0 Å². The Balaban J connectivity index is 1.80. The summed E-state index contributed by atoms with van der Waals surface area (Å²) in [7, 11) is 4.87. The normalized spacial score (nSPS) is 15.8. The van der Waals surface area contributed by atoms with Gasteiger partial charge in [0.15, 0.2) is 16.6 Å². The Hall–Kier alpha value is -2.45. The van der Waals surface area contributed by atoms with Crippen molar-refractivity contribution in [3.8, 4) is 17.2 Å². The van der Waals surface area contributed by atoms with Crippen LogP contribution in [0.1, 0.15) is 24.2 Å². The molecule has 2 heterocycles. The van der Waals surface area contributed by atoms with E-state index in [1.54, 1.807) is 33.7 Å². The van der Waals surface area contributed by atoms with Crippen LogP contribution in [0.3, 0.4) is 0 Å². The van der Waals surface area contributed by atoms with Gasteiger partial charge in [0.1, 0.15) is 11.5 Å².